The van der Waals surface area contributed by atoms with Gasteiger partial charge in [0.1, 0.15) is 5.60 Å². The van der Waals surface area contributed by atoms with E-state index in [2.05, 4.69) is 5.32 Å². The largest absolute Gasteiger partial charge is 0.377 e. The fourth-order valence-corrected chi connectivity index (χ4v) is 3.00. The lowest BCUT2D eigenvalue weighted by Crippen LogP contribution is -2.59. The molecule has 2 saturated heterocycles. The van der Waals surface area contributed by atoms with Crippen LogP contribution < -0.4 is 5.32 Å². The first kappa shape index (κ1) is 15.7. The highest BCUT2D eigenvalue weighted by Crippen LogP contribution is 2.24. The molecule has 3 rings (SSSR count). The van der Waals surface area contributed by atoms with Crippen molar-refractivity contribution in [2.45, 2.75) is 5.60 Å². The number of ether oxygens (including phenoxy) is 2. The minimum absolute atomic E-state index is 0.00736. The molecule has 2 fully saturated rings. The summed E-state index contributed by atoms with van der Waals surface area (Å²) in [6.07, 6.45) is 0. The number of nitrogens with one attached hydrogen (secondary N) is 1. The molecule has 1 N–H and O–H groups in total. The molecule has 2 aliphatic rings. The third kappa shape index (κ3) is 3.10. The molecule has 22 heavy (non-hydrogen) atoms. The van der Waals surface area contributed by atoms with Crippen LogP contribution in [0.3, 0.4) is 0 Å². The molecule has 0 bridgehead atoms. The lowest BCUT2D eigenvalue weighted by atomic mass is 10.0. The van der Waals surface area contributed by atoms with Gasteiger partial charge in [-0.3, -0.25) is 4.79 Å². The number of halogens is 2. The van der Waals surface area contributed by atoms with E-state index >= 15 is 0 Å². The van der Waals surface area contributed by atoms with Gasteiger partial charge in [-0.25, -0.2) is 4.39 Å². The van der Waals surface area contributed by atoms with Gasteiger partial charge >= 0.3 is 0 Å². The van der Waals surface area contributed by atoms with Crippen molar-refractivity contribution >= 4 is 17.5 Å². The van der Waals surface area contributed by atoms with Crippen LogP contribution in [0, 0.1) is 5.82 Å². The first-order valence-electron chi connectivity index (χ1n) is 7.27. The van der Waals surface area contributed by atoms with Crippen LogP contribution in [0.1, 0.15) is 10.4 Å². The van der Waals surface area contributed by atoms with E-state index in [9.17, 15) is 9.18 Å². The van der Waals surface area contributed by atoms with Gasteiger partial charge in [0.05, 0.1) is 37.0 Å². The van der Waals surface area contributed by atoms with Gasteiger partial charge in [-0.15, -0.1) is 0 Å². The molecule has 1 atom stereocenters. The summed E-state index contributed by atoms with van der Waals surface area (Å²) in [6.45, 7) is 3.58. The Morgan fingerprint density at radius 2 is 2.27 bits per heavy atom. The van der Waals surface area contributed by atoms with Crippen molar-refractivity contribution in [3.05, 3.63) is 34.6 Å². The minimum Gasteiger partial charge on any atom is -0.377 e. The number of rotatable bonds is 1. The Labute approximate surface area is 133 Å². The van der Waals surface area contributed by atoms with Crippen molar-refractivity contribution in [1.82, 2.24) is 10.2 Å². The van der Waals surface area contributed by atoms with E-state index < -0.39 is 11.4 Å². The second-order valence-electron chi connectivity index (χ2n) is 5.59. The molecule has 1 aromatic carbocycles. The van der Waals surface area contributed by atoms with E-state index in [-0.39, 0.29) is 16.5 Å². The first-order chi connectivity index (χ1) is 10.6. The van der Waals surface area contributed by atoms with Crippen molar-refractivity contribution in [3.8, 4) is 0 Å². The van der Waals surface area contributed by atoms with Crippen molar-refractivity contribution in [2.75, 3.05) is 46.0 Å². The molecule has 0 radical (unpaired) electrons. The molecular formula is C15H18ClFN2O3. The Morgan fingerprint density at radius 1 is 1.41 bits per heavy atom. The van der Waals surface area contributed by atoms with Gasteiger partial charge in [0.25, 0.3) is 5.91 Å². The Balaban J connectivity index is 1.79. The summed E-state index contributed by atoms with van der Waals surface area (Å²) >= 11 is 5.76. The van der Waals surface area contributed by atoms with Crippen LogP contribution >= 0.6 is 11.6 Å². The van der Waals surface area contributed by atoms with E-state index in [4.69, 9.17) is 21.1 Å². The molecule has 7 heteroatoms. The zero-order valence-electron chi connectivity index (χ0n) is 12.1. The predicted molar refractivity (Wildman–Crippen MR) is 79.7 cm³/mol. The Kier molecular flexibility index (Phi) is 4.63. The summed E-state index contributed by atoms with van der Waals surface area (Å²) < 4.78 is 25.5. The second kappa shape index (κ2) is 6.50. The third-order valence-electron chi connectivity index (χ3n) is 3.95. The number of amides is 1. The monoisotopic (exact) mass is 328 g/mol. The van der Waals surface area contributed by atoms with E-state index in [1.165, 1.54) is 12.1 Å². The van der Waals surface area contributed by atoms with Crippen LogP contribution in [0.5, 0.6) is 0 Å². The summed E-state index contributed by atoms with van der Waals surface area (Å²) in [5.41, 5.74) is -0.577. The fourth-order valence-electron chi connectivity index (χ4n) is 2.82. The van der Waals surface area contributed by atoms with Crippen molar-refractivity contribution in [2.24, 2.45) is 0 Å². The number of benzene rings is 1. The smallest absolute Gasteiger partial charge is 0.257 e. The lowest BCUT2D eigenvalue weighted by molar-refractivity contribution is -0.125. The number of carbonyl (C=O) groups excluding carboxylic acids is 1. The summed E-state index contributed by atoms with van der Waals surface area (Å²) in [7, 11) is 0. The Bertz CT molecular complexity index is 562. The van der Waals surface area contributed by atoms with Crippen LogP contribution in [-0.2, 0) is 9.47 Å². The molecule has 2 heterocycles. The number of carbonyl (C=O) groups is 1. The summed E-state index contributed by atoms with van der Waals surface area (Å²) in [6, 6.07) is 4.45. The first-order valence-corrected chi connectivity index (χ1v) is 7.65. The van der Waals surface area contributed by atoms with Gasteiger partial charge < -0.3 is 19.7 Å². The number of morpholine rings is 1. The van der Waals surface area contributed by atoms with Crippen LogP contribution in [0.2, 0.25) is 5.02 Å². The van der Waals surface area contributed by atoms with Gasteiger partial charge in [-0.05, 0) is 12.1 Å². The molecule has 2 aliphatic heterocycles. The van der Waals surface area contributed by atoms with Crippen LogP contribution in [0.15, 0.2) is 18.2 Å². The molecule has 1 amide bonds. The SMILES string of the molecule is O=C(c1cccc(Cl)c1F)N1CCO[C@]2(CNCCOC2)C1. The molecule has 0 saturated carbocycles. The highest BCUT2D eigenvalue weighted by Gasteiger charge is 2.40. The molecule has 120 valence electrons. The van der Waals surface area contributed by atoms with Gasteiger partial charge in [0.15, 0.2) is 5.82 Å². The average molecular weight is 329 g/mol. The highest BCUT2D eigenvalue weighted by molar-refractivity contribution is 6.31. The number of hydrogen-bond acceptors (Lipinski definition) is 4. The topological polar surface area (TPSA) is 50.8 Å². The Hall–Kier alpha value is -1.21. The molecule has 1 spiro atoms. The lowest BCUT2D eigenvalue weighted by Gasteiger charge is -2.41. The van der Waals surface area contributed by atoms with Crippen LogP contribution in [0.4, 0.5) is 4.39 Å². The zero-order valence-corrected chi connectivity index (χ0v) is 12.9. The highest BCUT2D eigenvalue weighted by atomic mass is 35.5. The fraction of sp³-hybridized carbons (Fsp3) is 0.533. The van der Waals surface area contributed by atoms with Crippen molar-refractivity contribution in [3.63, 3.8) is 0 Å². The maximum atomic E-state index is 14.1. The molecular weight excluding hydrogens is 311 g/mol. The standard InChI is InChI=1S/C15H18ClFN2O3/c16-12-3-1-2-11(13(12)17)14(20)19-5-7-22-15(9-19)8-18-4-6-21-10-15/h1-3,18H,4-10H2/t15-/m1/s1. The number of nitrogens with zero attached hydrogens (tertiary/aromatic N) is 1. The number of hydrogen-bond donors (Lipinski definition) is 1. The van der Waals surface area contributed by atoms with Crippen LogP contribution in [0.25, 0.3) is 0 Å². The molecule has 5 nitrogen and oxygen atoms in total. The molecule has 0 aliphatic carbocycles. The third-order valence-corrected chi connectivity index (χ3v) is 4.25. The molecule has 0 aromatic heterocycles. The predicted octanol–water partition coefficient (Wildman–Crippen LogP) is 1.31. The molecule has 0 unspecified atom stereocenters. The second-order valence-corrected chi connectivity index (χ2v) is 6.00. The minimum atomic E-state index is -0.676. The average Bonchev–Trinajstić information content (AvgIpc) is 2.75. The van der Waals surface area contributed by atoms with Gasteiger partial charge in [0.2, 0.25) is 0 Å². The van der Waals surface area contributed by atoms with E-state index in [0.717, 1.165) is 6.54 Å². The van der Waals surface area contributed by atoms with Crippen molar-refractivity contribution < 1.29 is 18.7 Å². The summed E-state index contributed by atoms with van der Waals surface area (Å²) in [5.74, 6) is -1.04. The Morgan fingerprint density at radius 3 is 3.14 bits per heavy atom. The van der Waals surface area contributed by atoms with Gasteiger partial charge in [-0.2, -0.15) is 0 Å². The maximum absolute atomic E-state index is 14.1. The zero-order chi connectivity index (χ0) is 15.6. The van der Waals surface area contributed by atoms with Gasteiger partial charge in [-0.1, -0.05) is 17.7 Å². The van der Waals surface area contributed by atoms with E-state index in [1.54, 1.807) is 11.0 Å². The van der Waals surface area contributed by atoms with E-state index in [1.807, 2.05) is 0 Å². The summed E-state index contributed by atoms with van der Waals surface area (Å²) in [4.78, 5) is 14.2. The van der Waals surface area contributed by atoms with Crippen molar-refractivity contribution in [1.29, 1.82) is 0 Å². The van der Waals surface area contributed by atoms with Gasteiger partial charge in [0, 0.05) is 19.6 Å². The van der Waals surface area contributed by atoms with Crippen LogP contribution in [-0.4, -0.2) is 62.4 Å². The van der Waals surface area contributed by atoms with E-state index in [0.29, 0.717) is 39.5 Å². The molecule has 1 aromatic rings. The quantitative estimate of drug-likeness (QED) is 0.844. The summed E-state index contributed by atoms with van der Waals surface area (Å²) in [5, 5.41) is 3.20. The maximum Gasteiger partial charge on any atom is 0.257 e. The normalized spacial score (nSPS) is 26.0.